The summed E-state index contributed by atoms with van der Waals surface area (Å²) in [5.41, 5.74) is 1.75. The third kappa shape index (κ3) is 4.06. The first-order chi connectivity index (χ1) is 11.1. The summed E-state index contributed by atoms with van der Waals surface area (Å²) in [6.45, 7) is 9.33. The van der Waals surface area contributed by atoms with E-state index in [2.05, 4.69) is 41.8 Å². The fourth-order valence-electron chi connectivity index (χ4n) is 4.11. The average molecular weight is 317 g/mol. The summed E-state index contributed by atoms with van der Waals surface area (Å²) in [6, 6.07) is 3.98. The third-order valence-corrected chi connectivity index (χ3v) is 5.62. The van der Waals surface area contributed by atoms with Crippen molar-refractivity contribution in [2.75, 3.05) is 53.4 Å². The van der Waals surface area contributed by atoms with E-state index in [-0.39, 0.29) is 0 Å². The molecule has 0 saturated carbocycles. The Morgan fingerprint density at radius 1 is 1.22 bits per heavy atom. The first-order valence-electron chi connectivity index (χ1n) is 8.90. The number of hydrogen-bond acceptors (Lipinski definition) is 4. The lowest BCUT2D eigenvalue weighted by molar-refractivity contribution is 0.0370. The summed E-state index contributed by atoms with van der Waals surface area (Å²) < 4.78 is 5.45. The van der Waals surface area contributed by atoms with Gasteiger partial charge in [0, 0.05) is 18.6 Å². The second-order valence-corrected chi connectivity index (χ2v) is 7.52. The van der Waals surface area contributed by atoms with Gasteiger partial charge in [0.15, 0.2) is 0 Å². The molecule has 0 bridgehead atoms. The van der Waals surface area contributed by atoms with Crippen LogP contribution in [0, 0.1) is 0 Å². The van der Waals surface area contributed by atoms with Crippen LogP contribution in [0.15, 0.2) is 28.4 Å². The summed E-state index contributed by atoms with van der Waals surface area (Å²) in [5.74, 6) is 0.962. The lowest BCUT2D eigenvalue weighted by atomic mass is 9.85. The van der Waals surface area contributed by atoms with Gasteiger partial charge in [-0.2, -0.15) is 0 Å². The van der Waals surface area contributed by atoms with Crippen LogP contribution in [0.5, 0.6) is 0 Å². The highest BCUT2D eigenvalue weighted by molar-refractivity contribution is 5.46. The fourth-order valence-corrected chi connectivity index (χ4v) is 4.11. The average Bonchev–Trinajstić information content (AvgIpc) is 2.97. The second-order valence-electron chi connectivity index (χ2n) is 7.52. The van der Waals surface area contributed by atoms with Gasteiger partial charge >= 0.3 is 0 Å². The molecule has 3 heterocycles. The molecule has 1 spiro atoms. The van der Waals surface area contributed by atoms with Crippen LogP contribution in [0.3, 0.4) is 0 Å². The Morgan fingerprint density at radius 3 is 2.70 bits per heavy atom. The monoisotopic (exact) mass is 317 g/mol. The van der Waals surface area contributed by atoms with Crippen molar-refractivity contribution in [1.29, 1.82) is 0 Å². The maximum absolute atomic E-state index is 5.45. The molecule has 2 saturated heterocycles. The van der Waals surface area contributed by atoms with E-state index in [1.165, 1.54) is 57.6 Å². The van der Waals surface area contributed by atoms with E-state index in [1.807, 2.05) is 12.1 Å². The molecule has 2 aliphatic heterocycles. The summed E-state index contributed by atoms with van der Waals surface area (Å²) in [5, 5.41) is 0. The number of likely N-dealkylation sites (tertiary alicyclic amines) is 1. The predicted molar refractivity (Wildman–Crippen MR) is 95.5 cm³/mol. The first kappa shape index (κ1) is 16.7. The van der Waals surface area contributed by atoms with Crippen LogP contribution in [0.2, 0.25) is 0 Å². The van der Waals surface area contributed by atoms with Gasteiger partial charge in [-0.1, -0.05) is 5.57 Å². The molecule has 0 atom stereocenters. The van der Waals surface area contributed by atoms with Crippen LogP contribution in [0.1, 0.15) is 31.9 Å². The molecule has 0 amide bonds. The summed E-state index contributed by atoms with van der Waals surface area (Å²) in [7, 11) is 4.58. The Hall–Kier alpha value is -1.10. The lowest BCUT2D eigenvalue weighted by Gasteiger charge is -2.47. The zero-order valence-electron chi connectivity index (χ0n) is 14.9. The highest BCUT2D eigenvalue weighted by Gasteiger charge is 2.40. The van der Waals surface area contributed by atoms with Gasteiger partial charge in [0.05, 0.1) is 6.26 Å². The largest absolute Gasteiger partial charge is 0.465 e. The molecule has 0 radical (unpaired) electrons. The van der Waals surface area contributed by atoms with Crippen molar-refractivity contribution >= 4 is 6.08 Å². The minimum Gasteiger partial charge on any atom is -0.465 e. The van der Waals surface area contributed by atoms with E-state index in [0.29, 0.717) is 5.54 Å². The molecule has 128 valence electrons. The molecule has 2 fully saturated rings. The molecule has 0 N–H and O–H groups in total. The predicted octanol–water partition coefficient (Wildman–Crippen LogP) is 2.78. The van der Waals surface area contributed by atoms with E-state index in [9.17, 15) is 0 Å². The number of likely N-dealkylation sites (N-methyl/N-ethyl adjacent to an activating group) is 1. The van der Waals surface area contributed by atoms with Gasteiger partial charge in [-0.3, -0.25) is 9.80 Å². The van der Waals surface area contributed by atoms with Crippen molar-refractivity contribution in [3.8, 4) is 0 Å². The molecule has 0 unspecified atom stereocenters. The Kier molecular flexibility index (Phi) is 5.24. The molecule has 0 aromatic carbocycles. The molecular formula is C19H31N3O. The van der Waals surface area contributed by atoms with Crippen LogP contribution in [-0.2, 0) is 0 Å². The van der Waals surface area contributed by atoms with E-state index in [1.54, 1.807) is 6.26 Å². The number of hydrogen-bond donors (Lipinski definition) is 0. The molecule has 1 aromatic rings. The highest BCUT2D eigenvalue weighted by atomic mass is 16.3. The van der Waals surface area contributed by atoms with Crippen LogP contribution < -0.4 is 0 Å². The summed E-state index contributed by atoms with van der Waals surface area (Å²) >= 11 is 0. The van der Waals surface area contributed by atoms with Crippen LogP contribution >= 0.6 is 0 Å². The van der Waals surface area contributed by atoms with Crippen molar-refractivity contribution in [2.45, 2.75) is 31.7 Å². The van der Waals surface area contributed by atoms with Crippen LogP contribution in [-0.4, -0.2) is 73.6 Å². The molecule has 3 rings (SSSR count). The zero-order valence-corrected chi connectivity index (χ0v) is 14.9. The second kappa shape index (κ2) is 7.20. The normalized spacial score (nSPS) is 24.9. The van der Waals surface area contributed by atoms with E-state index < -0.39 is 0 Å². The minimum atomic E-state index is 0.369. The van der Waals surface area contributed by atoms with Crippen molar-refractivity contribution in [1.82, 2.24) is 14.7 Å². The van der Waals surface area contributed by atoms with Gasteiger partial charge in [0.25, 0.3) is 0 Å². The quantitative estimate of drug-likeness (QED) is 0.855. The molecule has 2 aliphatic rings. The number of nitrogens with zero attached hydrogens (tertiary/aromatic N) is 3. The maximum atomic E-state index is 5.45. The molecule has 23 heavy (non-hydrogen) atoms. The van der Waals surface area contributed by atoms with Crippen molar-refractivity contribution in [2.24, 2.45) is 0 Å². The van der Waals surface area contributed by atoms with Crippen molar-refractivity contribution in [3.05, 3.63) is 29.7 Å². The van der Waals surface area contributed by atoms with Gasteiger partial charge in [-0.05, 0) is 84.7 Å². The third-order valence-electron chi connectivity index (χ3n) is 5.62. The van der Waals surface area contributed by atoms with E-state index >= 15 is 0 Å². The van der Waals surface area contributed by atoms with E-state index in [4.69, 9.17) is 4.42 Å². The van der Waals surface area contributed by atoms with E-state index in [0.717, 1.165) is 12.3 Å². The lowest BCUT2D eigenvalue weighted by Crippen LogP contribution is -2.57. The van der Waals surface area contributed by atoms with Gasteiger partial charge < -0.3 is 9.32 Å². The van der Waals surface area contributed by atoms with Crippen LogP contribution in [0.25, 0.3) is 6.08 Å². The Bertz CT molecular complexity index is 515. The van der Waals surface area contributed by atoms with Gasteiger partial charge in [0.1, 0.15) is 5.76 Å². The molecular weight excluding hydrogens is 286 g/mol. The molecule has 1 aromatic heterocycles. The number of piperidine rings is 1. The standard InChI is InChI=1S/C19H31N3O/c1-17(14-18-6-4-13-23-18)15-22-10-5-9-21(3)19(16-22)7-11-20(2)12-8-19/h4,6,13-14H,5,7-12,15-16H2,1-3H3/b17-14+. The fraction of sp³-hybridized carbons (Fsp3) is 0.684. The molecule has 0 aliphatic carbocycles. The minimum absolute atomic E-state index is 0.369. The smallest absolute Gasteiger partial charge is 0.126 e. The SMILES string of the molecule is C/C(=C\c1ccco1)CN1CCCN(C)C2(CCN(C)CC2)C1. The van der Waals surface area contributed by atoms with Gasteiger partial charge in [-0.15, -0.1) is 0 Å². The number of furan rings is 1. The first-order valence-corrected chi connectivity index (χ1v) is 8.90. The summed E-state index contributed by atoms with van der Waals surface area (Å²) in [4.78, 5) is 7.77. The molecule has 4 nitrogen and oxygen atoms in total. The van der Waals surface area contributed by atoms with Crippen molar-refractivity contribution in [3.63, 3.8) is 0 Å². The Labute approximate surface area is 140 Å². The maximum Gasteiger partial charge on any atom is 0.126 e. The Morgan fingerprint density at radius 2 is 2.00 bits per heavy atom. The van der Waals surface area contributed by atoms with Gasteiger partial charge in [0.2, 0.25) is 0 Å². The Balaban J connectivity index is 1.67. The van der Waals surface area contributed by atoms with Gasteiger partial charge in [-0.25, -0.2) is 0 Å². The van der Waals surface area contributed by atoms with Crippen LogP contribution in [0.4, 0.5) is 0 Å². The molecule has 4 heteroatoms. The topological polar surface area (TPSA) is 22.9 Å². The zero-order chi connectivity index (χ0) is 16.3. The highest BCUT2D eigenvalue weighted by Crippen LogP contribution is 2.31. The summed E-state index contributed by atoms with van der Waals surface area (Å²) in [6.07, 6.45) is 7.76. The van der Waals surface area contributed by atoms with Crippen molar-refractivity contribution < 1.29 is 4.42 Å². The number of rotatable bonds is 3.